The average Bonchev–Trinajstić information content (AvgIpc) is 2.75. The third-order valence-electron chi connectivity index (χ3n) is 5.67. The fourth-order valence-corrected chi connectivity index (χ4v) is 3.85. The number of carbonyl (C=O) groups excluding carboxylic acids is 1. The summed E-state index contributed by atoms with van der Waals surface area (Å²) in [5.41, 5.74) is 7.48. The molecule has 0 spiro atoms. The molecular weight excluding hydrogens is 368 g/mol. The Morgan fingerprint density at radius 3 is 2.03 bits per heavy atom. The Kier molecular flexibility index (Phi) is 12.6. The van der Waals surface area contributed by atoms with Crippen molar-refractivity contribution in [3.8, 4) is 0 Å². The number of primary amides is 1. The molecule has 0 radical (unpaired) electrons. The Bertz CT molecular complexity index is 753. The second kappa shape index (κ2) is 15.6. The van der Waals surface area contributed by atoms with E-state index in [1.165, 1.54) is 81.7 Å². The molecule has 0 saturated heterocycles. The summed E-state index contributed by atoms with van der Waals surface area (Å²) in [6.07, 6.45) is 22.5. The predicted octanol–water partition coefficient (Wildman–Crippen LogP) is 7.28. The highest BCUT2D eigenvalue weighted by atomic mass is 16.1. The van der Waals surface area contributed by atoms with E-state index in [4.69, 9.17) is 10.7 Å². The lowest BCUT2D eigenvalue weighted by atomic mass is 10.1. The molecule has 2 aromatic rings. The second-order valence-electron chi connectivity index (χ2n) is 8.40. The van der Waals surface area contributed by atoms with Gasteiger partial charge < -0.3 is 5.73 Å². The first-order chi connectivity index (χ1) is 14.8. The van der Waals surface area contributed by atoms with Crippen LogP contribution in [0.25, 0.3) is 10.9 Å². The zero-order valence-electron chi connectivity index (χ0n) is 18.7. The second-order valence-corrected chi connectivity index (χ2v) is 8.40. The van der Waals surface area contributed by atoms with Gasteiger partial charge in [0.1, 0.15) is 0 Å². The number of hydrogen-bond donors (Lipinski definition) is 1. The maximum atomic E-state index is 10.6. The fourth-order valence-electron chi connectivity index (χ4n) is 3.85. The smallest absolute Gasteiger partial charge is 0.217 e. The van der Waals surface area contributed by atoms with E-state index in [0.29, 0.717) is 6.42 Å². The van der Waals surface area contributed by atoms with Crippen molar-refractivity contribution in [2.75, 3.05) is 0 Å². The summed E-state index contributed by atoms with van der Waals surface area (Å²) in [7, 11) is 0. The van der Waals surface area contributed by atoms with Crippen LogP contribution in [0.1, 0.15) is 95.6 Å². The van der Waals surface area contributed by atoms with Gasteiger partial charge in [0.2, 0.25) is 5.91 Å². The number of para-hydroxylation sites is 1. The van der Waals surface area contributed by atoms with E-state index in [1.54, 1.807) is 0 Å². The summed E-state index contributed by atoms with van der Waals surface area (Å²) < 4.78 is 0. The summed E-state index contributed by atoms with van der Waals surface area (Å²) in [5, 5.41) is 1.23. The molecule has 164 valence electrons. The van der Waals surface area contributed by atoms with Crippen LogP contribution in [0.3, 0.4) is 0 Å². The zero-order chi connectivity index (χ0) is 21.3. The van der Waals surface area contributed by atoms with Gasteiger partial charge in [-0.15, -0.1) is 0 Å². The summed E-state index contributed by atoms with van der Waals surface area (Å²) >= 11 is 0. The van der Waals surface area contributed by atoms with E-state index >= 15 is 0 Å². The molecule has 2 rings (SSSR count). The quantitative estimate of drug-likeness (QED) is 0.221. The number of allylic oxidation sites excluding steroid dienone is 2. The maximum absolute atomic E-state index is 10.6. The molecule has 0 bridgehead atoms. The normalized spacial score (nSPS) is 11.5. The molecule has 0 unspecified atom stereocenters. The van der Waals surface area contributed by atoms with Gasteiger partial charge in [-0.05, 0) is 57.1 Å². The highest BCUT2D eigenvalue weighted by Gasteiger charge is 1.99. The summed E-state index contributed by atoms with van der Waals surface area (Å²) in [4.78, 5) is 15.4. The van der Waals surface area contributed by atoms with Gasteiger partial charge >= 0.3 is 0 Å². The molecule has 1 amide bonds. The molecule has 0 aliphatic carbocycles. The minimum Gasteiger partial charge on any atom is -0.370 e. The molecule has 0 aliphatic rings. The summed E-state index contributed by atoms with van der Waals surface area (Å²) in [6.45, 7) is 0. The zero-order valence-corrected chi connectivity index (χ0v) is 18.7. The first-order valence-corrected chi connectivity index (χ1v) is 12.0. The van der Waals surface area contributed by atoms with Crippen molar-refractivity contribution in [3.63, 3.8) is 0 Å². The van der Waals surface area contributed by atoms with Crippen LogP contribution in [0.2, 0.25) is 0 Å². The van der Waals surface area contributed by atoms with Gasteiger partial charge in [0.25, 0.3) is 0 Å². The Morgan fingerprint density at radius 1 is 0.733 bits per heavy atom. The molecule has 1 heterocycles. The lowest BCUT2D eigenvalue weighted by molar-refractivity contribution is -0.118. The van der Waals surface area contributed by atoms with Crippen LogP contribution in [-0.2, 0) is 11.2 Å². The number of pyridine rings is 1. The van der Waals surface area contributed by atoms with E-state index in [-0.39, 0.29) is 5.91 Å². The van der Waals surface area contributed by atoms with E-state index in [2.05, 4.69) is 48.6 Å². The Morgan fingerprint density at radius 2 is 1.33 bits per heavy atom. The van der Waals surface area contributed by atoms with Gasteiger partial charge in [-0.25, -0.2) is 0 Å². The number of aromatic nitrogens is 1. The standard InChI is InChI=1S/C27H40N2O/c28-27(30)21-15-13-11-9-7-5-3-1-2-4-6-8-10-12-14-19-25-23-22-24-18-16-17-20-26(24)29-25/h1,3,16-18,20,22-23H,2,4-15,19,21H2,(H2,28,30)/b3-1-. The maximum Gasteiger partial charge on any atom is 0.217 e. The fraction of sp³-hybridized carbons (Fsp3) is 0.556. The number of amides is 1. The van der Waals surface area contributed by atoms with Crippen LogP contribution in [0.4, 0.5) is 0 Å². The van der Waals surface area contributed by atoms with Crippen LogP contribution in [0, 0.1) is 0 Å². The molecule has 1 aromatic heterocycles. The number of hydrogen-bond acceptors (Lipinski definition) is 2. The first-order valence-electron chi connectivity index (χ1n) is 12.0. The predicted molar refractivity (Wildman–Crippen MR) is 128 cm³/mol. The van der Waals surface area contributed by atoms with Crippen molar-refractivity contribution < 1.29 is 4.79 Å². The molecule has 3 heteroatoms. The lowest BCUT2D eigenvalue weighted by Gasteiger charge is -2.03. The number of benzene rings is 1. The Balaban J connectivity index is 1.36. The number of aryl methyl sites for hydroxylation is 1. The van der Waals surface area contributed by atoms with Crippen LogP contribution in [-0.4, -0.2) is 10.9 Å². The minimum absolute atomic E-state index is 0.170. The Hall–Kier alpha value is -2.16. The van der Waals surface area contributed by atoms with Gasteiger partial charge in [0, 0.05) is 17.5 Å². The van der Waals surface area contributed by atoms with Crippen molar-refractivity contribution in [2.45, 2.75) is 96.3 Å². The van der Waals surface area contributed by atoms with E-state index in [1.807, 2.05) is 0 Å². The molecule has 0 atom stereocenters. The highest BCUT2D eigenvalue weighted by molar-refractivity contribution is 5.78. The third-order valence-corrected chi connectivity index (χ3v) is 5.67. The van der Waals surface area contributed by atoms with Gasteiger partial charge in [-0.2, -0.15) is 0 Å². The number of nitrogens with zero attached hydrogens (tertiary/aromatic N) is 1. The molecule has 3 nitrogen and oxygen atoms in total. The number of fused-ring (bicyclic) bond motifs is 1. The first kappa shape index (κ1) is 24.1. The van der Waals surface area contributed by atoms with Crippen molar-refractivity contribution in [2.24, 2.45) is 5.73 Å². The molecule has 0 fully saturated rings. The van der Waals surface area contributed by atoms with E-state index < -0.39 is 0 Å². The van der Waals surface area contributed by atoms with Crippen LogP contribution in [0.5, 0.6) is 0 Å². The SMILES string of the molecule is NC(=O)CCCCCCC/C=C\CCCCCCCCc1ccc2ccccc2n1. The minimum atomic E-state index is -0.170. The Labute approximate surface area is 183 Å². The summed E-state index contributed by atoms with van der Waals surface area (Å²) in [6, 6.07) is 12.7. The largest absolute Gasteiger partial charge is 0.370 e. The number of unbranched alkanes of at least 4 members (excludes halogenated alkanes) is 11. The van der Waals surface area contributed by atoms with Crippen molar-refractivity contribution in [3.05, 3.63) is 54.2 Å². The highest BCUT2D eigenvalue weighted by Crippen LogP contribution is 2.15. The molecule has 1 aromatic carbocycles. The van der Waals surface area contributed by atoms with E-state index in [9.17, 15) is 4.79 Å². The topological polar surface area (TPSA) is 56.0 Å². The third kappa shape index (κ3) is 11.1. The monoisotopic (exact) mass is 408 g/mol. The molecule has 30 heavy (non-hydrogen) atoms. The average molecular weight is 409 g/mol. The van der Waals surface area contributed by atoms with Gasteiger partial charge in [0.05, 0.1) is 5.52 Å². The molecular formula is C27H40N2O. The molecule has 0 aliphatic heterocycles. The van der Waals surface area contributed by atoms with Crippen LogP contribution < -0.4 is 5.73 Å². The summed E-state index contributed by atoms with van der Waals surface area (Å²) in [5.74, 6) is -0.170. The van der Waals surface area contributed by atoms with Gasteiger partial charge in [-0.3, -0.25) is 9.78 Å². The van der Waals surface area contributed by atoms with Crippen molar-refractivity contribution in [1.82, 2.24) is 4.98 Å². The number of nitrogens with two attached hydrogens (primary N) is 1. The van der Waals surface area contributed by atoms with Gasteiger partial charge in [0.15, 0.2) is 0 Å². The van der Waals surface area contributed by atoms with E-state index in [0.717, 1.165) is 24.8 Å². The van der Waals surface area contributed by atoms with Crippen molar-refractivity contribution in [1.29, 1.82) is 0 Å². The van der Waals surface area contributed by atoms with Crippen molar-refractivity contribution >= 4 is 16.8 Å². The van der Waals surface area contributed by atoms with Crippen LogP contribution in [0.15, 0.2) is 48.6 Å². The molecule has 0 saturated carbocycles. The number of carbonyl (C=O) groups is 1. The number of rotatable bonds is 17. The van der Waals surface area contributed by atoms with Crippen LogP contribution >= 0.6 is 0 Å². The lowest BCUT2D eigenvalue weighted by Crippen LogP contribution is -2.09. The van der Waals surface area contributed by atoms with Gasteiger partial charge in [-0.1, -0.05) is 81.4 Å². The molecule has 2 N–H and O–H groups in total.